The highest BCUT2D eigenvalue weighted by Gasteiger charge is 2.26. The smallest absolute Gasteiger partial charge is 0.352 e. The van der Waals surface area contributed by atoms with Crippen molar-refractivity contribution in [3.05, 3.63) is 75.4 Å². The lowest BCUT2D eigenvalue weighted by Gasteiger charge is -2.12. The van der Waals surface area contributed by atoms with E-state index in [1.807, 2.05) is 24.3 Å². The number of ether oxygens (including phenoxy) is 2. The fraction of sp³-hybridized carbons (Fsp3) is 0.208. The minimum Gasteiger partial charge on any atom is -0.491 e. The van der Waals surface area contributed by atoms with E-state index in [1.54, 1.807) is 44.2 Å². The number of thiophene rings is 1. The number of nitrogens with zero attached hydrogens (tertiary/aromatic N) is 1. The maximum absolute atomic E-state index is 13.6. The average Bonchev–Trinajstić information content (AvgIpc) is 3.17. The van der Waals surface area contributed by atoms with Crippen LogP contribution in [0.25, 0.3) is 21.0 Å². The Balaban J connectivity index is 1.99. The van der Waals surface area contributed by atoms with Crippen LogP contribution in [0.3, 0.4) is 0 Å². The minimum absolute atomic E-state index is 0.116. The maximum atomic E-state index is 13.6. The predicted octanol–water partition coefficient (Wildman–Crippen LogP) is 4.67. The molecule has 0 aliphatic rings. The first-order chi connectivity index (χ1) is 15.1. The van der Waals surface area contributed by atoms with Gasteiger partial charge in [-0.25, -0.2) is 4.79 Å². The van der Waals surface area contributed by atoms with Crippen molar-refractivity contribution in [2.45, 2.75) is 20.4 Å². The van der Waals surface area contributed by atoms with Gasteiger partial charge in [-0.05, 0) is 19.9 Å². The molecule has 0 saturated heterocycles. The highest BCUT2D eigenvalue weighted by molar-refractivity contribution is 7.22. The highest BCUT2D eigenvalue weighted by Crippen LogP contribution is 2.40. The summed E-state index contributed by atoms with van der Waals surface area (Å²) in [5.41, 5.74) is 0.790. The number of benzene rings is 2. The van der Waals surface area contributed by atoms with E-state index in [0.717, 1.165) is 5.39 Å². The SMILES string of the molecule is CCOC(=O)c1sc2c(c1OCC)c(=O)n(CC(=O)c1ccccc1)c1ccccc21. The van der Waals surface area contributed by atoms with Crippen LogP contribution in [0.2, 0.25) is 0 Å². The van der Waals surface area contributed by atoms with Gasteiger partial charge in [-0.1, -0.05) is 48.5 Å². The predicted molar refractivity (Wildman–Crippen MR) is 121 cm³/mol. The molecule has 0 saturated carbocycles. The first-order valence-electron chi connectivity index (χ1n) is 10.0. The van der Waals surface area contributed by atoms with E-state index in [4.69, 9.17) is 9.47 Å². The maximum Gasteiger partial charge on any atom is 0.352 e. The molecule has 7 heteroatoms. The van der Waals surface area contributed by atoms with Crippen LogP contribution in [0.4, 0.5) is 0 Å². The third kappa shape index (κ3) is 3.72. The normalized spacial score (nSPS) is 11.0. The molecule has 0 radical (unpaired) electrons. The Morgan fingerprint density at radius 1 is 0.968 bits per heavy atom. The van der Waals surface area contributed by atoms with Gasteiger partial charge in [-0.2, -0.15) is 0 Å². The molecule has 0 fully saturated rings. The van der Waals surface area contributed by atoms with Crippen LogP contribution in [0.1, 0.15) is 33.9 Å². The molecule has 0 spiro atoms. The molecule has 0 N–H and O–H groups in total. The van der Waals surface area contributed by atoms with Crippen molar-refractivity contribution < 1.29 is 19.1 Å². The molecule has 31 heavy (non-hydrogen) atoms. The van der Waals surface area contributed by atoms with E-state index < -0.39 is 5.97 Å². The molecule has 0 atom stereocenters. The lowest BCUT2D eigenvalue weighted by Crippen LogP contribution is -2.25. The molecule has 0 aliphatic heterocycles. The first-order valence-corrected chi connectivity index (χ1v) is 10.8. The summed E-state index contributed by atoms with van der Waals surface area (Å²) in [6.45, 7) is 3.90. The Bertz CT molecular complexity index is 1340. The lowest BCUT2D eigenvalue weighted by molar-refractivity contribution is 0.0528. The molecule has 2 aromatic carbocycles. The van der Waals surface area contributed by atoms with Gasteiger partial charge in [-0.3, -0.25) is 14.2 Å². The number of esters is 1. The van der Waals surface area contributed by atoms with E-state index in [9.17, 15) is 14.4 Å². The zero-order chi connectivity index (χ0) is 22.0. The molecular formula is C24H21NO5S. The number of pyridine rings is 1. The van der Waals surface area contributed by atoms with E-state index in [-0.39, 0.29) is 41.7 Å². The molecule has 0 aliphatic carbocycles. The molecule has 4 aromatic rings. The number of rotatable bonds is 7. The van der Waals surface area contributed by atoms with Gasteiger partial charge in [-0.15, -0.1) is 11.3 Å². The van der Waals surface area contributed by atoms with E-state index in [0.29, 0.717) is 21.2 Å². The number of ketones is 1. The van der Waals surface area contributed by atoms with E-state index >= 15 is 0 Å². The van der Waals surface area contributed by atoms with Gasteiger partial charge in [0.25, 0.3) is 5.56 Å². The standard InChI is InChI=1S/C24H21NO5S/c1-3-29-20-19-21(31-22(20)24(28)30-4-2)16-12-8-9-13-17(16)25(23(19)27)14-18(26)15-10-6-5-7-11-15/h5-13H,3-4,14H2,1-2H3. The highest BCUT2D eigenvalue weighted by atomic mass is 32.1. The van der Waals surface area contributed by atoms with Crippen molar-refractivity contribution in [2.75, 3.05) is 13.2 Å². The van der Waals surface area contributed by atoms with Crippen molar-refractivity contribution in [1.82, 2.24) is 4.57 Å². The second-order valence-electron chi connectivity index (χ2n) is 6.82. The van der Waals surface area contributed by atoms with Crippen LogP contribution in [0.5, 0.6) is 5.75 Å². The summed E-state index contributed by atoms with van der Waals surface area (Å²) >= 11 is 1.18. The second-order valence-corrected chi connectivity index (χ2v) is 7.84. The molecule has 0 unspecified atom stereocenters. The van der Waals surface area contributed by atoms with Gasteiger partial charge in [0.2, 0.25) is 0 Å². The number of Topliss-reactive ketones (excluding diaryl/α,β-unsaturated/α-hetero) is 1. The van der Waals surface area contributed by atoms with Crippen molar-refractivity contribution in [3.63, 3.8) is 0 Å². The first kappa shape index (κ1) is 20.8. The zero-order valence-electron chi connectivity index (χ0n) is 17.2. The Morgan fingerprint density at radius 2 is 1.68 bits per heavy atom. The number of aromatic nitrogens is 1. The molecule has 0 amide bonds. The summed E-state index contributed by atoms with van der Waals surface area (Å²) in [6.07, 6.45) is 0. The Labute approximate surface area is 182 Å². The summed E-state index contributed by atoms with van der Waals surface area (Å²) in [5.74, 6) is -0.480. The lowest BCUT2D eigenvalue weighted by atomic mass is 10.1. The fourth-order valence-corrected chi connectivity index (χ4v) is 4.74. The fourth-order valence-electron chi connectivity index (χ4n) is 3.57. The summed E-state index contributed by atoms with van der Waals surface area (Å²) in [7, 11) is 0. The molecule has 2 heterocycles. The number of fused-ring (bicyclic) bond motifs is 3. The summed E-state index contributed by atoms with van der Waals surface area (Å²) in [6, 6.07) is 16.2. The Hall–Kier alpha value is -3.45. The van der Waals surface area contributed by atoms with Crippen LogP contribution in [0, 0.1) is 0 Å². The van der Waals surface area contributed by atoms with Crippen molar-refractivity contribution >= 4 is 44.1 Å². The van der Waals surface area contributed by atoms with Gasteiger partial charge in [0.15, 0.2) is 16.4 Å². The number of carbonyl (C=O) groups is 2. The minimum atomic E-state index is -0.525. The van der Waals surface area contributed by atoms with Crippen molar-refractivity contribution in [3.8, 4) is 5.75 Å². The van der Waals surface area contributed by atoms with Gasteiger partial charge in [0, 0.05) is 10.9 Å². The molecule has 0 bridgehead atoms. The van der Waals surface area contributed by atoms with Crippen LogP contribution in [0.15, 0.2) is 59.4 Å². The number of hydrogen-bond donors (Lipinski definition) is 0. The average molecular weight is 436 g/mol. The van der Waals surface area contributed by atoms with Crippen molar-refractivity contribution in [1.29, 1.82) is 0 Å². The molecule has 4 rings (SSSR count). The second kappa shape index (κ2) is 8.73. The molecular weight excluding hydrogens is 414 g/mol. The Morgan fingerprint density at radius 3 is 2.39 bits per heavy atom. The summed E-state index contributed by atoms with van der Waals surface area (Å²) < 4.78 is 13.0. The van der Waals surface area contributed by atoms with E-state index in [1.165, 1.54) is 15.9 Å². The monoisotopic (exact) mass is 435 g/mol. The Kier molecular flexibility index (Phi) is 5.86. The van der Waals surface area contributed by atoms with Crippen molar-refractivity contribution in [2.24, 2.45) is 0 Å². The van der Waals surface area contributed by atoms with Gasteiger partial charge in [0.1, 0.15) is 5.39 Å². The third-order valence-corrected chi connectivity index (χ3v) is 6.09. The zero-order valence-corrected chi connectivity index (χ0v) is 18.0. The molecule has 158 valence electrons. The van der Waals surface area contributed by atoms with Crippen LogP contribution in [-0.4, -0.2) is 29.5 Å². The van der Waals surface area contributed by atoms with Gasteiger partial charge < -0.3 is 9.47 Å². The number of para-hydroxylation sites is 1. The largest absolute Gasteiger partial charge is 0.491 e. The van der Waals surface area contributed by atoms with Crippen LogP contribution >= 0.6 is 11.3 Å². The van der Waals surface area contributed by atoms with Crippen LogP contribution < -0.4 is 10.3 Å². The molecule has 2 aromatic heterocycles. The topological polar surface area (TPSA) is 74.6 Å². The van der Waals surface area contributed by atoms with Gasteiger partial charge in [0.05, 0.1) is 30.0 Å². The third-order valence-electron chi connectivity index (χ3n) is 4.91. The quantitative estimate of drug-likeness (QED) is 0.311. The van der Waals surface area contributed by atoms with Gasteiger partial charge >= 0.3 is 5.97 Å². The summed E-state index contributed by atoms with van der Waals surface area (Å²) in [4.78, 5) is 39.3. The number of hydrogen-bond acceptors (Lipinski definition) is 6. The summed E-state index contributed by atoms with van der Waals surface area (Å²) in [5, 5.41) is 1.08. The number of carbonyl (C=O) groups excluding carboxylic acids is 2. The molecule has 6 nitrogen and oxygen atoms in total. The van der Waals surface area contributed by atoms with E-state index in [2.05, 4.69) is 0 Å². The van der Waals surface area contributed by atoms with Crippen LogP contribution in [-0.2, 0) is 11.3 Å².